The van der Waals surface area contributed by atoms with Gasteiger partial charge in [-0.2, -0.15) is 0 Å². The van der Waals surface area contributed by atoms with Crippen molar-refractivity contribution in [2.45, 2.75) is 39.3 Å². The van der Waals surface area contributed by atoms with Crippen LogP contribution in [0.2, 0.25) is 0 Å². The molecule has 1 aromatic heterocycles. The number of nitrogens with zero attached hydrogens (tertiary/aromatic N) is 2. The predicted molar refractivity (Wildman–Crippen MR) is 65.7 cm³/mol. The van der Waals surface area contributed by atoms with E-state index in [1.807, 2.05) is 17.7 Å². The van der Waals surface area contributed by atoms with Crippen LogP contribution in [-0.4, -0.2) is 35.2 Å². The van der Waals surface area contributed by atoms with Crippen LogP contribution in [0.4, 0.5) is 0 Å². The number of hydrogen-bond donors (Lipinski definition) is 1. The van der Waals surface area contributed by atoms with Gasteiger partial charge in [0.1, 0.15) is 11.9 Å². The molecule has 1 unspecified atom stereocenters. The van der Waals surface area contributed by atoms with Gasteiger partial charge in [-0.25, -0.2) is 4.98 Å². The number of imidazole rings is 1. The zero-order valence-corrected chi connectivity index (χ0v) is 10.8. The van der Waals surface area contributed by atoms with Gasteiger partial charge < -0.3 is 14.6 Å². The molecule has 0 saturated carbocycles. The molecule has 0 radical (unpaired) electrons. The van der Waals surface area contributed by atoms with E-state index in [4.69, 9.17) is 4.74 Å². The van der Waals surface area contributed by atoms with Crippen molar-refractivity contribution in [1.82, 2.24) is 14.9 Å². The summed E-state index contributed by atoms with van der Waals surface area (Å²) in [6.45, 7) is 5.38. The third kappa shape index (κ3) is 3.85. The molecule has 0 amide bonds. The first-order valence-electron chi connectivity index (χ1n) is 6.04. The van der Waals surface area contributed by atoms with Crippen molar-refractivity contribution < 1.29 is 9.53 Å². The molecular formula is C12H21N3O2. The minimum absolute atomic E-state index is 0.233. The second-order valence-electron chi connectivity index (χ2n) is 3.88. The van der Waals surface area contributed by atoms with Crippen molar-refractivity contribution in [1.29, 1.82) is 0 Å². The summed E-state index contributed by atoms with van der Waals surface area (Å²) in [4.78, 5) is 15.9. The Balaban J connectivity index is 2.71. The van der Waals surface area contributed by atoms with Gasteiger partial charge in [-0.3, -0.25) is 4.79 Å². The van der Waals surface area contributed by atoms with Crippen molar-refractivity contribution in [2.75, 3.05) is 13.7 Å². The smallest absolute Gasteiger partial charge is 0.324 e. The van der Waals surface area contributed by atoms with Crippen molar-refractivity contribution in [3.63, 3.8) is 0 Å². The lowest BCUT2D eigenvalue weighted by Gasteiger charge is -2.17. The molecule has 1 atom stereocenters. The first kappa shape index (κ1) is 13.7. The van der Waals surface area contributed by atoms with E-state index in [1.54, 1.807) is 6.20 Å². The summed E-state index contributed by atoms with van der Waals surface area (Å²) in [5.74, 6) is 0.780. The molecule has 0 aliphatic rings. The Morgan fingerprint density at radius 2 is 2.35 bits per heavy atom. The van der Waals surface area contributed by atoms with Crippen molar-refractivity contribution in [3.05, 3.63) is 18.2 Å². The fraction of sp³-hybridized carbons (Fsp3) is 0.667. The third-order valence-corrected chi connectivity index (χ3v) is 2.59. The predicted octanol–water partition coefficient (Wildman–Crippen LogP) is 0.987. The van der Waals surface area contributed by atoms with Gasteiger partial charge in [-0.1, -0.05) is 13.8 Å². The average molecular weight is 239 g/mol. The molecule has 5 heteroatoms. The van der Waals surface area contributed by atoms with E-state index in [2.05, 4.69) is 17.2 Å². The Morgan fingerprint density at radius 3 is 2.94 bits per heavy atom. The van der Waals surface area contributed by atoms with Gasteiger partial charge in [0, 0.05) is 25.4 Å². The number of aryl methyl sites for hydroxylation is 1. The number of aromatic nitrogens is 2. The molecule has 0 bridgehead atoms. The van der Waals surface area contributed by atoms with E-state index in [0.717, 1.165) is 25.2 Å². The minimum Gasteiger partial charge on any atom is -0.468 e. The Labute approximate surface area is 102 Å². The molecule has 96 valence electrons. The van der Waals surface area contributed by atoms with E-state index in [9.17, 15) is 4.79 Å². The van der Waals surface area contributed by atoms with Crippen LogP contribution < -0.4 is 5.32 Å². The molecule has 0 saturated heterocycles. The third-order valence-electron chi connectivity index (χ3n) is 2.59. The maximum atomic E-state index is 11.6. The molecule has 1 heterocycles. The summed E-state index contributed by atoms with van der Waals surface area (Å²) < 4.78 is 6.79. The van der Waals surface area contributed by atoms with Crippen LogP contribution in [0.15, 0.2) is 12.4 Å². The lowest BCUT2D eigenvalue weighted by atomic mass is 10.2. The van der Waals surface area contributed by atoms with Crippen LogP contribution in [-0.2, 0) is 22.5 Å². The van der Waals surface area contributed by atoms with Crippen LogP contribution >= 0.6 is 0 Å². The Kier molecular flexibility index (Phi) is 5.69. The van der Waals surface area contributed by atoms with Crippen molar-refractivity contribution >= 4 is 5.97 Å². The van der Waals surface area contributed by atoms with E-state index in [-0.39, 0.29) is 12.0 Å². The summed E-state index contributed by atoms with van der Waals surface area (Å²) in [6.07, 6.45) is 5.64. The van der Waals surface area contributed by atoms with Crippen LogP contribution in [0.25, 0.3) is 0 Å². The van der Waals surface area contributed by atoms with Gasteiger partial charge in [-0.15, -0.1) is 0 Å². The Hall–Kier alpha value is -1.36. The van der Waals surface area contributed by atoms with Crippen LogP contribution in [0.5, 0.6) is 0 Å². The maximum Gasteiger partial charge on any atom is 0.324 e. The number of likely N-dealkylation sites (N-methyl/N-ethyl adjacent to an activating group) is 1. The molecule has 0 spiro atoms. The highest BCUT2D eigenvalue weighted by atomic mass is 16.5. The Bertz CT molecular complexity index is 349. The monoisotopic (exact) mass is 239 g/mol. The zero-order valence-electron chi connectivity index (χ0n) is 10.8. The van der Waals surface area contributed by atoms with Gasteiger partial charge in [0.2, 0.25) is 0 Å². The fourth-order valence-electron chi connectivity index (χ4n) is 1.77. The highest BCUT2D eigenvalue weighted by Crippen LogP contribution is 2.04. The van der Waals surface area contributed by atoms with Crippen LogP contribution in [0.1, 0.15) is 26.1 Å². The molecule has 1 N–H and O–H groups in total. The quantitative estimate of drug-likeness (QED) is 0.721. The number of rotatable bonds is 7. The first-order chi connectivity index (χ1) is 8.22. The van der Waals surface area contributed by atoms with Gasteiger partial charge in [0.05, 0.1) is 7.11 Å². The summed E-state index contributed by atoms with van der Waals surface area (Å²) in [5.41, 5.74) is 0. The molecular weight excluding hydrogens is 218 g/mol. The second-order valence-corrected chi connectivity index (χ2v) is 3.88. The SMILES string of the molecule is CCCc1nccn1CC(NCC)C(=O)OC. The van der Waals surface area contributed by atoms with Crippen LogP contribution in [0.3, 0.4) is 0 Å². The van der Waals surface area contributed by atoms with E-state index >= 15 is 0 Å². The topological polar surface area (TPSA) is 56.2 Å². The lowest BCUT2D eigenvalue weighted by Crippen LogP contribution is -2.41. The van der Waals surface area contributed by atoms with Gasteiger partial charge >= 0.3 is 5.97 Å². The highest BCUT2D eigenvalue weighted by molar-refractivity contribution is 5.75. The number of nitrogens with one attached hydrogen (secondary N) is 1. The van der Waals surface area contributed by atoms with Gasteiger partial charge in [-0.05, 0) is 13.0 Å². The molecule has 0 aromatic carbocycles. The fourth-order valence-corrected chi connectivity index (χ4v) is 1.77. The van der Waals surface area contributed by atoms with Crippen molar-refractivity contribution in [3.8, 4) is 0 Å². The second kappa shape index (κ2) is 7.06. The summed E-state index contributed by atoms with van der Waals surface area (Å²) in [6, 6.07) is -0.310. The maximum absolute atomic E-state index is 11.6. The van der Waals surface area contributed by atoms with E-state index in [1.165, 1.54) is 7.11 Å². The molecule has 0 aliphatic carbocycles. The number of esters is 1. The normalized spacial score (nSPS) is 12.4. The van der Waals surface area contributed by atoms with Gasteiger partial charge in [0.15, 0.2) is 0 Å². The van der Waals surface area contributed by atoms with Gasteiger partial charge in [0.25, 0.3) is 0 Å². The number of methoxy groups -OCH3 is 1. The molecule has 0 fully saturated rings. The number of carbonyl (C=O) groups excluding carboxylic acids is 1. The van der Waals surface area contributed by atoms with Crippen LogP contribution in [0, 0.1) is 0 Å². The standard InChI is InChI=1S/C12H21N3O2/c1-4-6-11-14-7-8-15(11)9-10(13-5-2)12(16)17-3/h7-8,10,13H,4-6,9H2,1-3H3. The average Bonchev–Trinajstić information content (AvgIpc) is 2.76. The van der Waals surface area contributed by atoms with E-state index in [0.29, 0.717) is 6.54 Å². The number of carbonyl (C=O) groups is 1. The van der Waals surface area contributed by atoms with Crippen molar-refractivity contribution in [2.24, 2.45) is 0 Å². The summed E-state index contributed by atoms with van der Waals surface area (Å²) in [5, 5.41) is 3.12. The molecule has 1 aromatic rings. The highest BCUT2D eigenvalue weighted by Gasteiger charge is 2.19. The molecule has 1 rings (SSSR count). The minimum atomic E-state index is -0.310. The lowest BCUT2D eigenvalue weighted by molar-refractivity contribution is -0.143. The Morgan fingerprint density at radius 1 is 1.59 bits per heavy atom. The molecule has 5 nitrogen and oxygen atoms in total. The summed E-state index contributed by atoms with van der Waals surface area (Å²) in [7, 11) is 1.41. The summed E-state index contributed by atoms with van der Waals surface area (Å²) >= 11 is 0. The molecule has 0 aliphatic heterocycles. The zero-order chi connectivity index (χ0) is 12.7. The van der Waals surface area contributed by atoms with E-state index < -0.39 is 0 Å². The molecule has 17 heavy (non-hydrogen) atoms. The number of ether oxygens (including phenoxy) is 1. The first-order valence-corrected chi connectivity index (χ1v) is 6.04. The largest absolute Gasteiger partial charge is 0.468 e. The number of hydrogen-bond acceptors (Lipinski definition) is 4.